The highest BCUT2D eigenvalue weighted by Gasteiger charge is 2.47. The average Bonchev–Trinajstić information content (AvgIpc) is 3.94. The Morgan fingerprint density at radius 3 is 0.786 bits per heavy atom. The molecule has 4 heteroatoms. The third-order valence-corrected chi connectivity index (χ3v) is 18.8. The van der Waals surface area contributed by atoms with Crippen molar-refractivity contribution in [2.75, 3.05) is 0 Å². The number of allylic oxidation sites excluding steroid dienone is 4. The minimum Gasteiger partial charge on any atom is -0.458 e. The molecule has 8 rings (SSSR count). The van der Waals surface area contributed by atoms with Gasteiger partial charge in [0.15, 0.2) is 0 Å². The SMILES string of the molecule is C(=C\C=C\c1ccc(C[P+](c2ccccc2)(c2ccccc2)c2ccccc2)o1)/C=C/c1ccc(C[P+](c2ccccc2)(c2ccccc2)c2ccccc2)o1. The van der Waals surface area contributed by atoms with Crippen LogP contribution in [0.5, 0.6) is 0 Å². The quantitative estimate of drug-likeness (QED) is 0.0815. The van der Waals surface area contributed by atoms with E-state index in [1.807, 2.05) is 36.5 Å². The fourth-order valence-electron chi connectivity index (χ4n) is 7.57. The van der Waals surface area contributed by atoms with Gasteiger partial charge >= 0.3 is 0 Å². The summed E-state index contributed by atoms with van der Waals surface area (Å²) in [6.45, 7) is 0. The Hall–Kier alpha value is -6.04. The van der Waals surface area contributed by atoms with Gasteiger partial charge in [0.25, 0.3) is 0 Å². The van der Waals surface area contributed by atoms with Gasteiger partial charge in [0, 0.05) is 0 Å². The van der Waals surface area contributed by atoms with E-state index in [4.69, 9.17) is 8.83 Å². The van der Waals surface area contributed by atoms with E-state index in [1.165, 1.54) is 31.8 Å². The molecular weight excluding hydrogens is 719 g/mol. The van der Waals surface area contributed by atoms with E-state index in [-0.39, 0.29) is 0 Å². The van der Waals surface area contributed by atoms with Crippen LogP contribution < -0.4 is 31.8 Å². The lowest BCUT2D eigenvalue weighted by molar-refractivity contribution is 0.520. The van der Waals surface area contributed by atoms with Gasteiger partial charge in [-0.15, -0.1) is 0 Å². The molecule has 2 heterocycles. The van der Waals surface area contributed by atoms with Crippen LogP contribution in [-0.4, -0.2) is 0 Å². The normalized spacial score (nSPS) is 12.2. The lowest BCUT2D eigenvalue weighted by Gasteiger charge is -2.26. The molecule has 0 aliphatic rings. The molecule has 0 bridgehead atoms. The minimum absolute atomic E-state index is 0.799. The van der Waals surface area contributed by atoms with Gasteiger partial charge in [0.2, 0.25) is 0 Å². The van der Waals surface area contributed by atoms with E-state index in [1.54, 1.807) is 0 Å². The zero-order chi connectivity index (χ0) is 37.9. The van der Waals surface area contributed by atoms with Crippen LogP contribution in [0.1, 0.15) is 23.0 Å². The molecule has 0 N–H and O–H groups in total. The first-order valence-corrected chi connectivity index (χ1v) is 23.0. The summed E-state index contributed by atoms with van der Waals surface area (Å²) in [7, 11) is -4.08. The van der Waals surface area contributed by atoms with Gasteiger partial charge in [-0.05, 0) is 109 Å². The van der Waals surface area contributed by atoms with Crippen LogP contribution in [0.2, 0.25) is 0 Å². The molecule has 2 aromatic heterocycles. The van der Waals surface area contributed by atoms with Crippen LogP contribution in [0.15, 0.2) is 239 Å². The molecule has 0 radical (unpaired) electrons. The molecule has 0 unspecified atom stereocenters. The molecular formula is C52H44O2P2+2. The average molecular weight is 763 g/mol. The highest BCUT2D eigenvalue weighted by Crippen LogP contribution is 2.59. The van der Waals surface area contributed by atoms with Crippen LogP contribution in [0.4, 0.5) is 0 Å². The van der Waals surface area contributed by atoms with Crippen molar-refractivity contribution in [3.8, 4) is 0 Å². The van der Waals surface area contributed by atoms with E-state index >= 15 is 0 Å². The van der Waals surface area contributed by atoms with E-state index in [0.29, 0.717) is 0 Å². The third kappa shape index (κ3) is 8.00. The molecule has 0 amide bonds. The van der Waals surface area contributed by atoms with Gasteiger partial charge in [-0.25, -0.2) is 0 Å². The molecule has 0 fully saturated rings. The molecule has 0 aliphatic carbocycles. The van der Waals surface area contributed by atoms with Crippen molar-refractivity contribution in [3.63, 3.8) is 0 Å². The summed E-state index contributed by atoms with van der Waals surface area (Å²) in [6.07, 6.45) is 13.7. The molecule has 0 spiro atoms. The predicted octanol–water partition coefficient (Wildman–Crippen LogP) is 11.1. The molecule has 56 heavy (non-hydrogen) atoms. The van der Waals surface area contributed by atoms with E-state index < -0.39 is 14.5 Å². The Kier molecular flexibility index (Phi) is 11.6. The highest BCUT2D eigenvalue weighted by molar-refractivity contribution is 7.95. The van der Waals surface area contributed by atoms with Crippen LogP contribution in [0, 0.1) is 0 Å². The van der Waals surface area contributed by atoms with Crippen molar-refractivity contribution >= 4 is 58.5 Å². The molecule has 0 saturated heterocycles. The predicted molar refractivity (Wildman–Crippen MR) is 242 cm³/mol. The Labute approximate surface area is 331 Å². The first-order valence-electron chi connectivity index (χ1n) is 19.0. The first kappa shape index (κ1) is 36.9. The number of rotatable bonds is 14. The maximum absolute atomic E-state index is 6.49. The molecule has 2 nitrogen and oxygen atoms in total. The van der Waals surface area contributed by atoms with Crippen LogP contribution >= 0.6 is 14.5 Å². The maximum atomic E-state index is 6.49. The second-order valence-corrected chi connectivity index (χ2v) is 20.6. The van der Waals surface area contributed by atoms with Crippen molar-refractivity contribution in [3.05, 3.63) is 254 Å². The fourth-order valence-corrected chi connectivity index (χ4v) is 15.8. The van der Waals surface area contributed by atoms with Gasteiger partial charge in [-0.3, -0.25) is 0 Å². The molecule has 8 aromatic rings. The second-order valence-electron chi connectivity index (χ2n) is 13.7. The summed E-state index contributed by atoms with van der Waals surface area (Å²) in [4.78, 5) is 0. The van der Waals surface area contributed by atoms with Crippen molar-refractivity contribution < 1.29 is 8.83 Å². The Balaban J connectivity index is 0.986. The zero-order valence-corrected chi connectivity index (χ0v) is 33.0. The molecule has 6 aromatic carbocycles. The number of benzene rings is 6. The molecule has 0 saturated carbocycles. The van der Waals surface area contributed by atoms with Gasteiger partial charge in [-0.2, -0.15) is 0 Å². The highest BCUT2D eigenvalue weighted by atomic mass is 31.2. The summed E-state index contributed by atoms with van der Waals surface area (Å²) < 4.78 is 13.0. The summed E-state index contributed by atoms with van der Waals surface area (Å²) in [5.41, 5.74) is 0. The lowest BCUT2D eigenvalue weighted by atomic mass is 10.3. The van der Waals surface area contributed by atoms with Crippen LogP contribution in [0.25, 0.3) is 12.2 Å². The third-order valence-electron chi connectivity index (χ3n) is 10.2. The largest absolute Gasteiger partial charge is 0.458 e. The van der Waals surface area contributed by atoms with E-state index in [0.717, 1.165) is 35.4 Å². The van der Waals surface area contributed by atoms with Crippen molar-refractivity contribution in [2.24, 2.45) is 0 Å². The van der Waals surface area contributed by atoms with E-state index in [2.05, 4.69) is 206 Å². The Morgan fingerprint density at radius 1 is 0.286 bits per heavy atom. The topological polar surface area (TPSA) is 26.3 Å². The standard InChI is InChI=1S/C52H44O2P2/c1(9-23-43-37-39-45(53-43)41-55(47-25-11-3-12-26-47,48-27-13-4-14-28-48)49-29-15-5-16-30-49)2-10-24-44-38-40-46(54-44)42-56(50-31-17-6-18-32-50,51-33-19-7-20-34-51)52-35-21-8-22-36-52/h1-40H,41-42H2/q+2/b2-1+,23-9+,24-10+. The second kappa shape index (κ2) is 17.6. The summed E-state index contributed by atoms with van der Waals surface area (Å²) >= 11 is 0. The van der Waals surface area contributed by atoms with Gasteiger partial charge in [-0.1, -0.05) is 133 Å². The Morgan fingerprint density at radius 2 is 0.536 bits per heavy atom. The number of hydrogen-bond donors (Lipinski definition) is 0. The van der Waals surface area contributed by atoms with Crippen LogP contribution in [0.3, 0.4) is 0 Å². The number of furan rings is 2. The lowest BCUT2D eigenvalue weighted by Crippen LogP contribution is -2.32. The van der Waals surface area contributed by atoms with Gasteiger partial charge in [0.1, 0.15) is 81.7 Å². The summed E-state index contributed by atoms with van der Waals surface area (Å²) in [5.74, 6) is 3.62. The van der Waals surface area contributed by atoms with Crippen molar-refractivity contribution in [1.82, 2.24) is 0 Å². The number of hydrogen-bond acceptors (Lipinski definition) is 2. The maximum Gasteiger partial charge on any atom is 0.143 e. The molecule has 0 atom stereocenters. The Bertz CT molecular complexity index is 2130. The fraction of sp³-hybridized carbons (Fsp3) is 0.0385. The minimum atomic E-state index is -2.04. The molecule has 272 valence electrons. The van der Waals surface area contributed by atoms with Gasteiger partial charge < -0.3 is 8.83 Å². The van der Waals surface area contributed by atoms with E-state index in [9.17, 15) is 0 Å². The van der Waals surface area contributed by atoms with Crippen molar-refractivity contribution in [1.29, 1.82) is 0 Å². The van der Waals surface area contributed by atoms with Crippen LogP contribution in [-0.2, 0) is 12.3 Å². The zero-order valence-electron chi connectivity index (χ0n) is 31.2. The van der Waals surface area contributed by atoms with Gasteiger partial charge in [0.05, 0.1) is 0 Å². The van der Waals surface area contributed by atoms with Crippen molar-refractivity contribution in [2.45, 2.75) is 12.3 Å². The molecule has 0 aliphatic heterocycles. The smallest absolute Gasteiger partial charge is 0.143 e. The summed E-state index contributed by atoms with van der Waals surface area (Å²) in [6, 6.07) is 74.0. The monoisotopic (exact) mass is 762 g/mol. The summed E-state index contributed by atoms with van der Waals surface area (Å²) in [5, 5.41) is 8.05. The first-order chi connectivity index (χ1) is 27.7.